The molecule has 0 spiro atoms. The lowest BCUT2D eigenvalue weighted by atomic mass is 9.71. The number of aromatic nitrogens is 1. The molecule has 138 valence electrons. The van der Waals surface area contributed by atoms with Crippen molar-refractivity contribution >= 4 is 45.1 Å². The summed E-state index contributed by atoms with van der Waals surface area (Å²) in [5, 5.41) is 1.39. The minimum Gasteiger partial charge on any atom is -0.462 e. The van der Waals surface area contributed by atoms with Gasteiger partial charge in [0.25, 0.3) is 0 Å². The number of cyclic esters (lactones) is 1. The largest absolute Gasteiger partial charge is 0.462 e. The molecule has 1 saturated carbocycles. The molecule has 1 aliphatic heterocycles. The van der Waals surface area contributed by atoms with Gasteiger partial charge in [0.1, 0.15) is 6.10 Å². The van der Waals surface area contributed by atoms with Crippen LogP contribution in [0.3, 0.4) is 0 Å². The fraction of sp³-hybridized carbons (Fsp3) is 0.400. The number of hydrogen-bond donors (Lipinski definition) is 0. The van der Waals surface area contributed by atoms with E-state index in [0.717, 1.165) is 34.3 Å². The molecular weight excluding hydrogens is 437 g/mol. The van der Waals surface area contributed by atoms with Gasteiger partial charge in [0.2, 0.25) is 0 Å². The quantitative estimate of drug-likeness (QED) is 0.473. The maximum absolute atomic E-state index is 11.7. The normalized spacial score (nSPS) is 27.2. The van der Waals surface area contributed by atoms with E-state index in [9.17, 15) is 4.79 Å². The van der Waals surface area contributed by atoms with Crippen LogP contribution in [0.25, 0.3) is 0 Å². The topological polar surface area (TPSA) is 39.2 Å². The number of halogens is 3. The van der Waals surface area contributed by atoms with Gasteiger partial charge in [-0.15, -0.1) is 0 Å². The summed E-state index contributed by atoms with van der Waals surface area (Å²) >= 11 is 15.5. The van der Waals surface area contributed by atoms with Crippen molar-refractivity contribution in [2.45, 2.75) is 38.2 Å². The predicted octanol–water partition coefficient (Wildman–Crippen LogP) is 6.28. The third-order valence-electron chi connectivity index (χ3n) is 5.14. The van der Waals surface area contributed by atoms with E-state index in [1.807, 2.05) is 31.2 Å². The first-order chi connectivity index (χ1) is 12.5. The summed E-state index contributed by atoms with van der Waals surface area (Å²) in [4.78, 5) is 15.5. The molecule has 1 aromatic heterocycles. The monoisotopic (exact) mass is 455 g/mol. The smallest absolute Gasteiger partial charge is 0.309 e. The minimum absolute atomic E-state index is 0.0156. The lowest BCUT2D eigenvalue weighted by Crippen LogP contribution is -2.27. The van der Waals surface area contributed by atoms with Crippen molar-refractivity contribution in [3.8, 4) is 0 Å². The lowest BCUT2D eigenvalue weighted by Gasteiger charge is -2.31. The van der Waals surface area contributed by atoms with Crippen LogP contribution < -0.4 is 0 Å². The summed E-state index contributed by atoms with van der Waals surface area (Å²) in [6.07, 6.45) is 6.39. The molecule has 0 amide bonds. The highest BCUT2D eigenvalue weighted by Crippen LogP contribution is 2.47. The number of fused-ring (bicyclic) bond motifs is 1. The maximum Gasteiger partial charge on any atom is 0.309 e. The molecule has 4 unspecified atom stereocenters. The van der Waals surface area contributed by atoms with Gasteiger partial charge < -0.3 is 4.74 Å². The van der Waals surface area contributed by atoms with Crippen molar-refractivity contribution in [2.24, 2.45) is 11.8 Å². The van der Waals surface area contributed by atoms with Crippen LogP contribution in [-0.4, -0.2) is 17.1 Å². The molecule has 1 aromatic carbocycles. The van der Waals surface area contributed by atoms with E-state index in [2.05, 4.69) is 20.9 Å². The number of esters is 1. The number of hydrogen-bond acceptors (Lipinski definition) is 3. The van der Waals surface area contributed by atoms with E-state index < -0.39 is 0 Å². The molecule has 2 fully saturated rings. The zero-order valence-corrected chi connectivity index (χ0v) is 17.5. The van der Waals surface area contributed by atoms with Gasteiger partial charge in [0, 0.05) is 32.8 Å². The fourth-order valence-electron chi connectivity index (χ4n) is 3.83. The van der Waals surface area contributed by atoms with Gasteiger partial charge in [-0.3, -0.25) is 9.78 Å². The van der Waals surface area contributed by atoms with E-state index in [0.29, 0.717) is 16.9 Å². The van der Waals surface area contributed by atoms with E-state index in [1.165, 1.54) is 0 Å². The van der Waals surface area contributed by atoms with Crippen LogP contribution in [0.2, 0.25) is 10.0 Å². The molecule has 0 radical (unpaired) electrons. The Balaban J connectivity index is 0.000000236. The Hall–Kier alpha value is -1.10. The Kier molecular flexibility index (Phi) is 6.60. The van der Waals surface area contributed by atoms with Crippen LogP contribution in [0.4, 0.5) is 0 Å². The van der Waals surface area contributed by atoms with Crippen LogP contribution in [0.5, 0.6) is 0 Å². The van der Waals surface area contributed by atoms with Gasteiger partial charge in [-0.05, 0) is 77.9 Å². The number of carbonyl (C=O) groups excluding carboxylic acids is 1. The summed E-state index contributed by atoms with van der Waals surface area (Å²) in [6.45, 7) is 1.99. The molecule has 6 heteroatoms. The van der Waals surface area contributed by atoms with Gasteiger partial charge >= 0.3 is 5.97 Å². The minimum atomic E-state index is -0.0156. The predicted molar refractivity (Wildman–Crippen MR) is 108 cm³/mol. The second-order valence-electron chi connectivity index (χ2n) is 6.76. The maximum atomic E-state index is 11.7. The van der Waals surface area contributed by atoms with Crippen molar-refractivity contribution in [2.75, 3.05) is 0 Å². The number of nitrogens with zero attached hydrogens (tertiary/aromatic N) is 1. The highest BCUT2D eigenvalue weighted by Gasteiger charge is 2.46. The van der Waals surface area contributed by atoms with Crippen molar-refractivity contribution in [1.29, 1.82) is 0 Å². The second-order valence-corrected chi connectivity index (χ2v) is 8.52. The Morgan fingerprint density at radius 1 is 1.23 bits per heavy atom. The zero-order valence-electron chi connectivity index (χ0n) is 14.4. The molecular formula is C20H20BrCl2NO2. The number of rotatable bonds is 1. The summed E-state index contributed by atoms with van der Waals surface area (Å²) < 4.78 is 6.37. The second kappa shape index (κ2) is 8.73. The van der Waals surface area contributed by atoms with E-state index in [-0.39, 0.29) is 18.0 Å². The average molecular weight is 457 g/mol. The number of carbonyl (C=O) groups is 1. The summed E-state index contributed by atoms with van der Waals surface area (Å²) in [5.41, 5.74) is 1.15. The average Bonchev–Trinajstić information content (AvgIpc) is 2.90. The number of benzene rings is 1. The molecule has 4 rings (SSSR count). The van der Waals surface area contributed by atoms with Crippen LogP contribution in [-0.2, 0) is 9.53 Å². The molecule has 0 bridgehead atoms. The molecule has 3 nitrogen and oxygen atoms in total. The summed E-state index contributed by atoms with van der Waals surface area (Å²) in [7, 11) is 0. The van der Waals surface area contributed by atoms with Crippen molar-refractivity contribution in [3.63, 3.8) is 0 Å². The van der Waals surface area contributed by atoms with Gasteiger partial charge in [-0.25, -0.2) is 0 Å². The third-order valence-corrected chi connectivity index (χ3v) is 6.17. The molecule has 4 atom stereocenters. The lowest BCUT2D eigenvalue weighted by molar-refractivity contribution is -0.143. The molecule has 1 aliphatic carbocycles. The summed E-state index contributed by atoms with van der Waals surface area (Å²) in [6, 6.07) is 9.51. The van der Waals surface area contributed by atoms with Crippen LogP contribution in [0.15, 0.2) is 47.2 Å². The zero-order chi connectivity index (χ0) is 18.7. The molecule has 1 saturated heterocycles. The van der Waals surface area contributed by atoms with Gasteiger partial charge in [0.05, 0.1) is 5.92 Å². The fourth-order valence-corrected chi connectivity index (χ4v) is 4.67. The Morgan fingerprint density at radius 2 is 2.04 bits per heavy atom. The van der Waals surface area contributed by atoms with Gasteiger partial charge in [-0.2, -0.15) is 0 Å². The molecule has 2 aliphatic rings. The van der Waals surface area contributed by atoms with Crippen LogP contribution in [0.1, 0.15) is 37.7 Å². The first-order valence-electron chi connectivity index (χ1n) is 8.66. The first kappa shape index (κ1) is 19.7. The van der Waals surface area contributed by atoms with Crippen molar-refractivity contribution in [3.05, 3.63) is 62.8 Å². The number of ether oxygens (including phenoxy) is 1. The van der Waals surface area contributed by atoms with E-state index in [1.54, 1.807) is 18.5 Å². The van der Waals surface area contributed by atoms with E-state index in [4.69, 9.17) is 27.9 Å². The Labute approximate surface area is 172 Å². The molecule has 2 aromatic rings. The Bertz CT molecular complexity index is 772. The van der Waals surface area contributed by atoms with Crippen molar-refractivity contribution < 1.29 is 9.53 Å². The van der Waals surface area contributed by atoms with Gasteiger partial charge in [0.15, 0.2) is 0 Å². The number of pyridine rings is 1. The Morgan fingerprint density at radius 3 is 2.65 bits per heavy atom. The highest BCUT2D eigenvalue weighted by atomic mass is 79.9. The standard InChI is InChI=1S/C15H16Cl2O2.C5H4BrN/c1-8-13-6-9(2-4-12(13)15(18)19-8)11-5-3-10(16)7-14(11)17;6-5-2-1-3-7-4-5/h3,5,7-9,12-13H,2,4,6H2,1H3;1-4H. The van der Waals surface area contributed by atoms with E-state index >= 15 is 0 Å². The molecule has 0 N–H and O–H groups in total. The third kappa shape index (κ3) is 4.59. The summed E-state index contributed by atoms with van der Waals surface area (Å²) in [5.74, 6) is 0.816. The first-order valence-corrected chi connectivity index (χ1v) is 10.2. The molecule has 26 heavy (non-hydrogen) atoms. The van der Waals surface area contributed by atoms with Crippen molar-refractivity contribution in [1.82, 2.24) is 4.98 Å². The van der Waals surface area contributed by atoms with Crippen LogP contribution in [0, 0.1) is 11.8 Å². The molecule has 2 heterocycles. The van der Waals surface area contributed by atoms with Gasteiger partial charge in [-0.1, -0.05) is 29.3 Å². The van der Waals surface area contributed by atoms with Crippen LogP contribution >= 0.6 is 39.1 Å². The SMILES string of the molecule is Brc1cccnc1.CC1OC(=O)C2CCC(c3ccc(Cl)cc3Cl)CC12. The highest BCUT2D eigenvalue weighted by molar-refractivity contribution is 9.10.